The third-order valence-corrected chi connectivity index (χ3v) is 2.21. The molecule has 1 unspecified atom stereocenters. The summed E-state index contributed by atoms with van der Waals surface area (Å²) in [6.07, 6.45) is 0. The third kappa shape index (κ3) is 1.10. The summed E-state index contributed by atoms with van der Waals surface area (Å²) in [4.78, 5) is 0. The Balaban J connectivity index is 2.88. The quantitative estimate of drug-likeness (QED) is 0.540. The molecule has 0 bridgehead atoms. The molecule has 0 aromatic heterocycles. The van der Waals surface area contributed by atoms with Gasteiger partial charge >= 0.3 is 11.1 Å². The van der Waals surface area contributed by atoms with Crippen molar-refractivity contribution in [2.45, 2.75) is 18.0 Å². The van der Waals surface area contributed by atoms with Crippen LogP contribution in [0, 0.1) is 0 Å². The maximum Gasteiger partial charge on any atom is 0.369 e. The van der Waals surface area contributed by atoms with Crippen molar-refractivity contribution in [3.05, 3.63) is 0 Å². The van der Waals surface area contributed by atoms with Gasteiger partial charge in [-0.05, 0) is 12.2 Å². The number of ether oxygens (including phenoxy) is 1. The molecule has 0 aliphatic carbocycles. The Morgan fingerprint density at radius 3 is 2.10 bits per heavy atom. The van der Waals surface area contributed by atoms with Crippen LogP contribution in [0.25, 0.3) is 0 Å². The second-order valence-corrected chi connectivity index (χ2v) is 3.60. The average molecular weight is 188 g/mol. The molecule has 0 amide bonds. The van der Waals surface area contributed by atoms with E-state index in [2.05, 4.69) is 17.0 Å². The van der Waals surface area contributed by atoms with E-state index >= 15 is 0 Å². The van der Waals surface area contributed by atoms with Gasteiger partial charge in [0.2, 0.25) is 4.38 Å². The molecular formula is C4H3F3OS2. The number of hydrogen-bond donors (Lipinski definition) is 0. The zero-order valence-corrected chi connectivity index (χ0v) is 6.49. The standard InChI is InChI=1S/C4H3F3OS2/c1-3(5)4(6,7)10-2(9)8-3/h1H3. The van der Waals surface area contributed by atoms with E-state index in [-0.39, 0.29) is 11.8 Å². The number of hydrogen-bond acceptors (Lipinski definition) is 3. The molecule has 6 heteroatoms. The van der Waals surface area contributed by atoms with E-state index in [0.29, 0.717) is 6.92 Å². The van der Waals surface area contributed by atoms with E-state index in [0.717, 1.165) is 0 Å². The van der Waals surface area contributed by atoms with E-state index in [1.807, 2.05) is 0 Å². The molecule has 0 saturated carbocycles. The van der Waals surface area contributed by atoms with Crippen LogP contribution in [0.2, 0.25) is 0 Å². The molecule has 0 spiro atoms. The maximum atomic E-state index is 12.6. The molecule has 1 aliphatic heterocycles. The van der Waals surface area contributed by atoms with Crippen LogP contribution in [0.5, 0.6) is 0 Å². The molecule has 0 radical (unpaired) electrons. The third-order valence-electron chi connectivity index (χ3n) is 1.01. The number of thioether (sulfide) groups is 1. The summed E-state index contributed by atoms with van der Waals surface area (Å²) < 4.78 is 40.8. The highest BCUT2D eigenvalue weighted by Crippen LogP contribution is 2.49. The fraction of sp³-hybridized carbons (Fsp3) is 0.750. The molecule has 1 aliphatic rings. The molecule has 1 atom stereocenters. The van der Waals surface area contributed by atoms with Crippen LogP contribution in [0.15, 0.2) is 0 Å². The Kier molecular flexibility index (Phi) is 1.63. The molecule has 1 heterocycles. The first-order chi connectivity index (χ1) is 4.35. The summed E-state index contributed by atoms with van der Waals surface area (Å²) >= 11 is 4.17. The second kappa shape index (κ2) is 2.01. The Bertz CT molecular complexity index is 161. The first kappa shape index (κ1) is 8.13. The van der Waals surface area contributed by atoms with Gasteiger partial charge < -0.3 is 4.74 Å². The molecule has 58 valence electrons. The number of halogens is 3. The lowest BCUT2D eigenvalue weighted by Gasteiger charge is -2.17. The van der Waals surface area contributed by atoms with Crippen molar-refractivity contribution in [2.24, 2.45) is 0 Å². The number of alkyl halides is 3. The number of thiocarbonyl (C=S) groups is 1. The highest BCUT2D eigenvalue weighted by molar-refractivity contribution is 8.23. The van der Waals surface area contributed by atoms with E-state index in [9.17, 15) is 13.2 Å². The SMILES string of the molecule is CC1(F)OC(=S)SC1(F)F. The van der Waals surface area contributed by atoms with Crippen molar-refractivity contribution in [1.29, 1.82) is 0 Å². The molecular weight excluding hydrogens is 185 g/mol. The van der Waals surface area contributed by atoms with Crippen molar-refractivity contribution in [2.75, 3.05) is 0 Å². The van der Waals surface area contributed by atoms with Gasteiger partial charge in [-0.2, -0.15) is 13.2 Å². The van der Waals surface area contributed by atoms with E-state index in [4.69, 9.17) is 0 Å². The lowest BCUT2D eigenvalue weighted by molar-refractivity contribution is -0.168. The van der Waals surface area contributed by atoms with Crippen molar-refractivity contribution in [3.8, 4) is 0 Å². The molecule has 0 aromatic carbocycles. The fourth-order valence-corrected chi connectivity index (χ4v) is 1.53. The van der Waals surface area contributed by atoms with Crippen LogP contribution in [0.3, 0.4) is 0 Å². The van der Waals surface area contributed by atoms with Crippen LogP contribution in [-0.2, 0) is 4.74 Å². The molecule has 0 aromatic rings. The summed E-state index contributed by atoms with van der Waals surface area (Å²) in [7, 11) is 0. The van der Waals surface area contributed by atoms with Crippen LogP contribution >= 0.6 is 24.0 Å². The normalized spacial score (nSPS) is 37.8. The monoisotopic (exact) mass is 188 g/mol. The van der Waals surface area contributed by atoms with Crippen LogP contribution < -0.4 is 0 Å². The minimum atomic E-state index is -3.55. The van der Waals surface area contributed by atoms with Crippen molar-refractivity contribution in [3.63, 3.8) is 0 Å². The first-order valence-corrected chi connectivity index (χ1v) is 3.56. The van der Waals surface area contributed by atoms with Gasteiger partial charge in [0.15, 0.2) is 0 Å². The fourth-order valence-electron chi connectivity index (χ4n) is 0.433. The van der Waals surface area contributed by atoms with Gasteiger partial charge in [-0.3, -0.25) is 0 Å². The summed E-state index contributed by atoms with van der Waals surface area (Å²) in [6.45, 7) is 0.652. The zero-order valence-electron chi connectivity index (χ0n) is 4.86. The summed E-state index contributed by atoms with van der Waals surface area (Å²) in [5, 5.41) is -3.55. The minimum absolute atomic E-state index is 0.0694. The molecule has 0 N–H and O–H groups in total. The molecule has 1 rings (SSSR count). The van der Waals surface area contributed by atoms with Gasteiger partial charge in [0.25, 0.3) is 0 Å². The van der Waals surface area contributed by atoms with Gasteiger partial charge in [0.05, 0.1) is 0 Å². The van der Waals surface area contributed by atoms with Crippen molar-refractivity contribution < 1.29 is 17.9 Å². The summed E-state index contributed by atoms with van der Waals surface area (Å²) in [6, 6.07) is 0. The lowest BCUT2D eigenvalue weighted by Crippen LogP contribution is -2.34. The maximum absolute atomic E-state index is 12.6. The van der Waals surface area contributed by atoms with Crippen LogP contribution in [0.4, 0.5) is 13.2 Å². The topological polar surface area (TPSA) is 9.23 Å². The highest BCUT2D eigenvalue weighted by atomic mass is 32.2. The van der Waals surface area contributed by atoms with E-state index in [1.165, 1.54) is 0 Å². The zero-order chi connectivity index (χ0) is 7.99. The average Bonchev–Trinajstić information content (AvgIpc) is 1.73. The first-order valence-electron chi connectivity index (χ1n) is 2.34. The van der Waals surface area contributed by atoms with Crippen LogP contribution in [0.1, 0.15) is 6.92 Å². The molecule has 1 nitrogen and oxygen atoms in total. The minimum Gasteiger partial charge on any atom is -0.435 e. The van der Waals surface area contributed by atoms with Gasteiger partial charge in [-0.15, -0.1) is 0 Å². The summed E-state index contributed by atoms with van der Waals surface area (Å²) in [5.41, 5.74) is 0. The van der Waals surface area contributed by atoms with Crippen LogP contribution in [-0.4, -0.2) is 15.5 Å². The van der Waals surface area contributed by atoms with Gasteiger partial charge in [0, 0.05) is 18.7 Å². The van der Waals surface area contributed by atoms with Crippen molar-refractivity contribution in [1.82, 2.24) is 0 Å². The Morgan fingerprint density at radius 2 is 2.00 bits per heavy atom. The predicted molar refractivity (Wildman–Crippen MR) is 35.7 cm³/mol. The lowest BCUT2D eigenvalue weighted by atomic mass is 10.4. The molecule has 10 heavy (non-hydrogen) atoms. The van der Waals surface area contributed by atoms with Gasteiger partial charge in [-0.25, -0.2) is 0 Å². The van der Waals surface area contributed by atoms with Gasteiger partial charge in [-0.1, -0.05) is 0 Å². The Morgan fingerprint density at radius 1 is 1.50 bits per heavy atom. The smallest absolute Gasteiger partial charge is 0.369 e. The highest BCUT2D eigenvalue weighted by Gasteiger charge is 2.61. The summed E-state index contributed by atoms with van der Waals surface area (Å²) in [5.74, 6) is -2.95. The largest absolute Gasteiger partial charge is 0.435 e. The number of rotatable bonds is 0. The predicted octanol–water partition coefficient (Wildman–Crippen LogP) is 2.31. The van der Waals surface area contributed by atoms with Gasteiger partial charge in [0.1, 0.15) is 0 Å². The van der Waals surface area contributed by atoms with E-state index in [1.54, 1.807) is 0 Å². The van der Waals surface area contributed by atoms with Crippen molar-refractivity contribution >= 4 is 28.4 Å². The Labute approximate surface area is 64.9 Å². The molecule has 1 saturated heterocycles. The Hall–Kier alpha value is 0.0300. The van der Waals surface area contributed by atoms with E-state index < -0.39 is 15.5 Å². The molecule has 1 fully saturated rings. The second-order valence-electron chi connectivity index (χ2n) is 1.89.